The number of rotatable bonds is 3. The number of ether oxygens (including phenoxy) is 1. The number of hydrogen-bond donors (Lipinski definition) is 0. The third-order valence-corrected chi connectivity index (χ3v) is 2.91. The van der Waals surface area contributed by atoms with Gasteiger partial charge in [0.15, 0.2) is 0 Å². The average molecular weight is 306 g/mol. The Kier molecular flexibility index (Phi) is 4.57. The van der Waals surface area contributed by atoms with Crippen LogP contribution in [0.5, 0.6) is 0 Å². The van der Waals surface area contributed by atoms with Crippen LogP contribution in [-0.2, 0) is 4.74 Å². The molecule has 0 aliphatic rings. The molecule has 10 heteroatoms. The fourth-order valence-electron chi connectivity index (χ4n) is 1.33. The highest BCUT2D eigenvalue weighted by atomic mass is 32.2. The Morgan fingerprint density at radius 1 is 1.50 bits per heavy atom. The summed E-state index contributed by atoms with van der Waals surface area (Å²) in [5.74, 6) is -1.16. The van der Waals surface area contributed by atoms with Gasteiger partial charge in [0.1, 0.15) is 16.5 Å². The Labute approximate surface area is 114 Å². The van der Waals surface area contributed by atoms with Gasteiger partial charge in [0.25, 0.3) is 5.69 Å². The van der Waals surface area contributed by atoms with E-state index in [1.165, 1.54) is 6.07 Å². The fourth-order valence-corrected chi connectivity index (χ4v) is 2.07. The minimum Gasteiger partial charge on any atom is -0.465 e. The molecule has 0 aliphatic heterocycles. The van der Waals surface area contributed by atoms with Gasteiger partial charge in [0.2, 0.25) is 0 Å². The number of nitrogens with zero attached hydrogens (tertiary/aromatic N) is 2. The number of thioether (sulfide) groups is 1. The summed E-state index contributed by atoms with van der Waals surface area (Å²) in [5, 5.41) is 19.7. The van der Waals surface area contributed by atoms with Gasteiger partial charge in [-0.25, -0.2) is 4.79 Å². The van der Waals surface area contributed by atoms with Crippen LogP contribution in [0.25, 0.3) is 0 Å². The highest BCUT2D eigenvalue weighted by molar-refractivity contribution is 8.00. The highest BCUT2D eigenvalue weighted by Gasteiger charge is 2.37. The van der Waals surface area contributed by atoms with Crippen molar-refractivity contribution in [2.75, 3.05) is 7.11 Å². The summed E-state index contributed by atoms with van der Waals surface area (Å²) in [4.78, 5) is 20.2. The summed E-state index contributed by atoms with van der Waals surface area (Å²) in [7, 11) is 0.931. The first-order valence-electron chi connectivity index (χ1n) is 4.76. The molecule has 0 atom stereocenters. The summed E-state index contributed by atoms with van der Waals surface area (Å²) in [5.41, 5.74) is -7.14. The van der Waals surface area contributed by atoms with Crippen molar-refractivity contribution < 1.29 is 27.6 Å². The molecule has 20 heavy (non-hydrogen) atoms. The summed E-state index contributed by atoms with van der Waals surface area (Å²) < 4.78 is 41.6. The molecule has 0 saturated heterocycles. The lowest BCUT2D eigenvalue weighted by Crippen LogP contribution is -2.09. The lowest BCUT2D eigenvalue weighted by atomic mass is 10.1. The number of esters is 1. The number of nitro benzene ring substituents is 1. The second-order valence-electron chi connectivity index (χ2n) is 3.25. The molecule has 0 fully saturated rings. The predicted octanol–water partition coefficient (Wildman–Crippen LogP) is 2.86. The van der Waals surface area contributed by atoms with E-state index < -0.39 is 49.9 Å². The quantitative estimate of drug-likeness (QED) is 0.369. The number of nitro groups is 1. The Hall–Kier alpha value is -2.28. The molecular formula is C10H5F3N2O4S. The molecule has 0 unspecified atom stereocenters. The fraction of sp³-hybridized carbons (Fsp3) is 0.200. The number of carbonyl (C=O) groups excluding carboxylic acids is 1. The van der Waals surface area contributed by atoms with Crippen LogP contribution in [0, 0.1) is 21.4 Å². The first kappa shape index (κ1) is 15.8. The Balaban J connectivity index is 3.63. The normalized spacial score (nSPS) is 10.8. The third-order valence-electron chi connectivity index (χ3n) is 2.06. The lowest BCUT2D eigenvalue weighted by molar-refractivity contribution is -0.388. The maximum Gasteiger partial charge on any atom is 0.446 e. The molecular weight excluding hydrogens is 301 g/mol. The van der Waals surface area contributed by atoms with E-state index in [1.54, 1.807) is 0 Å². The average Bonchev–Trinajstić information content (AvgIpc) is 2.35. The zero-order valence-corrected chi connectivity index (χ0v) is 10.5. The molecule has 0 amide bonds. The van der Waals surface area contributed by atoms with Gasteiger partial charge in [-0.15, -0.1) is 0 Å². The SMILES string of the molecule is COC(=O)c1ccc(C#N)c(SC(F)(F)F)c1[N+](=O)[O-]. The van der Waals surface area contributed by atoms with Crippen molar-refractivity contribution in [3.05, 3.63) is 33.4 Å². The second kappa shape index (κ2) is 5.79. The number of methoxy groups -OCH3 is 1. The summed E-state index contributed by atoms with van der Waals surface area (Å²) in [6, 6.07) is 3.19. The molecule has 0 heterocycles. The van der Waals surface area contributed by atoms with Crippen molar-refractivity contribution in [1.82, 2.24) is 0 Å². The van der Waals surface area contributed by atoms with Crippen molar-refractivity contribution in [3.8, 4) is 6.07 Å². The molecule has 0 saturated carbocycles. The maximum atomic E-state index is 12.4. The van der Waals surface area contributed by atoms with Crippen molar-refractivity contribution in [1.29, 1.82) is 5.26 Å². The molecule has 0 radical (unpaired) electrons. The summed E-state index contributed by atoms with van der Waals surface area (Å²) >= 11 is -0.823. The summed E-state index contributed by atoms with van der Waals surface area (Å²) in [6.07, 6.45) is 0. The van der Waals surface area contributed by atoms with Gasteiger partial charge in [-0.1, -0.05) is 0 Å². The molecule has 1 rings (SSSR count). The predicted molar refractivity (Wildman–Crippen MR) is 61.1 cm³/mol. The largest absolute Gasteiger partial charge is 0.465 e. The van der Waals surface area contributed by atoms with Gasteiger partial charge < -0.3 is 4.74 Å². The number of alkyl halides is 3. The molecule has 0 aromatic heterocycles. The van der Waals surface area contributed by atoms with Crippen LogP contribution >= 0.6 is 11.8 Å². The zero-order chi connectivity index (χ0) is 15.5. The van der Waals surface area contributed by atoms with E-state index in [0.717, 1.165) is 19.2 Å². The molecule has 106 valence electrons. The highest BCUT2D eigenvalue weighted by Crippen LogP contribution is 2.44. The van der Waals surface area contributed by atoms with Crippen LogP contribution < -0.4 is 0 Å². The van der Waals surface area contributed by atoms with Crippen molar-refractivity contribution in [2.24, 2.45) is 0 Å². The Bertz CT molecular complexity index is 610. The van der Waals surface area contributed by atoms with E-state index in [0.29, 0.717) is 0 Å². The number of halogens is 3. The van der Waals surface area contributed by atoms with E-state index in [4.69, 9.17) is 5.26 Å². The van der Waals surface area contributed by atoms with E-state index in [-0.39, 0.29) is 0 Å². The number of carbonyl (C=O) groups is 1. The van der Waals surface area contributed by atoms with Gasteiger partial charge in [0, 0.05) is 0 Å². The van der Waals surface area contributed by atoms with Crippen LogP contribution in [-0.4, -0.2) is 23.5 Å². The Morgan fingerprint density at radius 2 is 2.10 bits per heavy atom. The van der Waals surface area contributed by atoms with Crippen LogP contribution in [0.2, 0.25) is 0 Å². The van der Waals surface area contributed by atoms with Gasteiger partial charge in [-0.05, 0) is 23.9 Å². The van der Waals surface area contributed by atoms with Gasteiger partial charge in [0.05, 0.1) is 17.6 Å². The van der Waals surface area contributed by atoms with E-state index >= 15 is 0 Å². The third kappa shape index (κ3) is 3.39. The van der Waals surface area contributed by atoms with Crippen LogP contribution in [0.1, 0.15) is 15.9 Å². The minimum atomic E-state index is -4.84. The maximum absolute atomic E-state index is 12.4. The van der Waals surface area contributed by atoms with Crippen molar-refractivity contribution in [2.45, 2.75) is 10.4 Å². The zero-order valence-electron chi connectivity index (χ0n) is 9.72. The first-order chi connectivity index (χ1) is 9.21. The van der Waals surface area contributed by atoms with Crippen LogP contribution in [0.3, 0.4) is 0 Å². The summed E-state index contributed by atoms with van der Waals surface area (Å²) in [6.45, 7) is 0. The minimum absolute atomic E-state index is 0.549. The number of hydrogen-bond acceptors (Lipinski definition) is 6. The molecule has 0 aliphatic carbocycles. The molecule has 0 bridgehead atoms. The van der Waals surface area contributed by atoms with E-state index in [1.807, 2.05) is 0 Å². The first-order valence-corrected chi connectivity index (χ1v) is 5.58. The second-order valence-corrected chi connectivity index (χ2v) is 4.32. The van der Waals surface area contributed by atoms with Gasteiger partial charge >= 0.3 is 11.5 Å². The Morgan fingerprint density at radius 3 is 2.50 bits per heavy atom. The van der Waals surface area contributed by atoms with Crippen LogP contribution in [0.4, 0.5) is 18.9 Å². The molecule has 6 nitrogen and oxygen atoms in total. The molecule has 0 spiro atoms. The molecule has 1 aromatic carbocycles. The number of nitriles is 1. The number of benzene rings is 1. The lowest BCUT2D eigenvalue weighted by Gasteiger charge is -2.10. The van der Waals surface area contributed by atoms with E-state index in [9.17, 15) is 28.1 Å². The van der Waals surface area contributed by atoms with Crippen molar-refractivity contribution >= 4 is 23.4 Å². The smallest absolute Gasteiger partial charge is 0.446 e. The molecule has 0 N–H and O–H groups in total. The standard InChI is InChI=1S/C10H5F3N2O4S/c1-19-9(16)6-3-2-5(4-14)8(7(6)15(17)18)20-10(11,12)13/h2-3H,1H3. The topological polar surface area (TPSA) is 93.2 Å². The van der Waals surface area contributed by atoms with Crippen molar-refractivity contribution in [3.63, 3.8) is 0 Å². The van der Waals surface area contributed by atoms with Gasteiger partial charge in [-0.3, -0.25) is 10.1 Å². The van der Waals surface area contributed by atoms with Gasteiger partial charge in [-0.2, -0.15) is 18.4 Å². The van der Waals surface area contributed by atoms with Crippen LogP contribution in [0.15, 0.2) is 17.0 Å². The monoisotopic (exact) mass is 306 g/mol. The van der Waals surface area contributed by atoms with E-state index in [2.05, 4.69) is 4.74 Å². The molecule has 1 aromatic rings.